The fourth-order valence-electron chi connectivity index (χ4n) is 1.39. The second kappa shape index (κ2) is 3.64. The molecule has 2 aromatic rings. The number of hydrogen-bond donors (Lipinski definition) is 1. The van der Waals surface area contributed by atoms with Crippen molar-refractivity contribution >= 4 is 0 Å². The molecule has 2 rings (SSSR count). The van der Waals surface area contributed by atoms with Crippen molar-refractivity contribution in [3.8, 4) is 5.69 Å². The average molecular weight is 188 g/mol. The topological polar surface area (TPSA) is 45.5 Å². The fourth-order valence-corrected chi connectivity index (χ4v) is 1.39. The van der Waals surface area contributed by atoms with Gasteiger partial charge >= 0.3 is 0 Å². The number of imidazole rings is 1. The van der Waals surface area contributed by atoms with Gasteiger partial charge in [-0.25, -0.2) is 4.98 Å². The number of quaternary nitrogens is 1. The maximum atomic E-state index is 4.01. The fraction of sp³-hybridized carbons (Fsp3) is 0.182. The summed E-state index contributed by atoms with van der Waals surface area (Å²) >= 11 is 0. The van der Waals surface area contributed by atoms with E-state index >= 15 is 0 Å². The van der Waals surface area contributed by atoms with Crippen LogP contribution in [0.2, 0.25) is 0 Å². The summed E-state index contributed by atoms with van der Waals surface area (Å²) in [7, 11) is 0. The normalized spacial score (nSPS) is 12.7. The van der Waals surface area contributed by atoms with E-state index in [4.69, 9.17) is 0 Å². The molecule has 3 N–H and O–H groups in total. The van der Waals surface area contributed by atoms with Crippen LogP contribution in [0, 0.1) is 0 Å². The molecule has 1 aromatic heterocycles. The van der Waals surface area contributed by atoms with E-state index < -0.39 is 0 Å². The molecule has 72 valence electrons. The zero-order chi connectivity index (χ0) is 9.97. The number of nitrogens with zero attached hydrogens (tertiary/aromatic N) is 2. The summed E-state index contributed by atoms with van der Waals surface area (Å²) in [6.45, 7) is 2.09. The van der Waals surface area contributed by atoms with E-state index in [0.717, 1.165) is 5.69 Å². The second-order valence-electron chi connectivity index (χ2n) is 3.46. The molecule has 0 aliphatic carbocycles. The first-order valence-corrected chi connectivity index (χ1v) is 4.69. The minimum Gasteiger partial charge on any atom is -0.352 e. The van der Waals surface area contributed by atoms with Gasteiger partial charge < -0.3 is 10.3 Å². The van der Waals surface area contributed by atoms with Gasteiger partial charge in [0.05, 0.1) is 6.33 Å². The van der Waals surface area contributed by atoms with E-state index in [1.807, 2.05) is 10.8 Å². The van der Waals surface area contributed by atoms with E-state index in [0.29, 0.717) is 6.04 Å². The third-order valence-corrected chi connectivity index (χ3v) is 2.26. The highest BCUT2D eigenvalue weighted by Crippen LogP contribution is 2.12. The number of benzene rings is 1. The quantitative estimate of drug-likeness (QED) is 0.755. The summed E-state index contributed by atoms with van der Waals surface area (Å²) in [4.78, 5) is 4.01. The van der Waals surface area contributed by atoms with Gasteiger partial charge in [-0.3, -0.25) is 0 Å². The van der Waals surface area contributed by atoms with Crippen molar-refractivity contribution < 1.29 is 5.73 Å². The number of aromatic nitrogens is 2. The molecule has 0 unspecified atom stereocenters. The first kappa shape index (κ1) is 8.97. The molecular formula is C11H14N3+. The summed E-state index contributed by atoms with van der Waals surface area (Å²) in [5, 5.41) is 0. The largest absolute Gasteiger partial charge is 0.352 e. The van der Waals surface area contributed by atoms with E-state index in [1.165, 1.54) is 5.56 Å². The van der Waals surface area contributed by atoms with Gasteiger partial charge in [0.25, 0.3) is 0 Å². The lowest BCUT2D eigenvalue weighted by Crippen LogP contribution is -2.51. The highest BCUT2D eigenvalue weighted by molar-refractivity contribution is 5.34. The van der Waals surface area contributed by atoms with Gasteiger partial charge in [-0.15, -0.1) is 0 Å². The van der Waals surface area contributed by atoms with Crippen molar-refractivity contribution in [1.29, 1.82) is 0 Å². The Morgan fingerprint density at radius 3 is 2.50 bits per heavy atom. The van der Waals surface area contributed by atoms with Gasteiger partial charge in [0.15, 0.2) is 0 Å². The lowest BCUT2D eigenvalue weighted by molar-refractivity contribution is -0.420. The Hall–Kier alpha value is -1.61. The Morgan fingerprint density at radius 1 is 1.29 bits per heavy atom. The SMILES string of the molecule is C[C@@H]([NH3+])c1ccc(-n2ccnc2)cc1. The third-order valence-electron chi connectivity index (χ3n) is 2.26. The predicted octanol–water partition coefficient (Wildman–Crippen LogP) is 1.18. The molecule has 3 nitrogen and oxygen atoms in total. The van der Waals surface area contributed by atoms with Crippen molar-refractivity contribution in [2.75, 3.05) is 0 Å². The van der Waals surface area contributed by atoms with Gasteiger partial charge in [0.2, 0.25) is 0 Å². The standard InChI is InChI=1S/C11H13N3/c1-9(12)10-2-4-11(5-3-10)14-7-6-13-8-14/h2-9H,12H2,1H3/p+1/t9-/m1/s1. The van der Waals surface area contributed by atoms with Crippen molar-refractivity contribution in [3.63, 3.8) is 0 Å². The van der Waals surface area contributed by atoms with Crippen LogP contribution in [0.1, 0.15) is 18.5 Å². The average Bonchev–Trinajstić information content (AvgIpc) is 2.71. The third kappa shape index (κ3) is 1.67. The van der Waals surface area contributed by atoms with Crippen LogP contribution in [-0.4, -0.2) is 9.55 Å². The maximum absolute atomic E-state index is 4.01. The Kier molecular flexibility index (Phi) is 2.33. The van der Waals surface area contributed by atoms with Crippen molar-refractivity contribution in [3.05, 3.63) is 48.5 Å². The minimum atomic E-state index is 0.340. The minimum absolute atomic E-state index is 0.340. The van der Waals surface area contributed by atoms with Crippen LogP contribution in [0.3, 0.4) is 0 Å². The molecule has 0 saturated heterocycles. The molecule has 0 saturated carbocycles. The lowest BCUT2D eigenvalue weighted by Gasteiger charge is -2.05. The molecule has 1 heterocycles. The molecule has 0 fully saturated rings. The molecule has 1 atom stereocenters. The van der Waals surface area contributed by atoms with Crippen molar-refractivity contribution in [2.45, 2.75) is 13.0 Å². The van der Waals surface area contributed by atoms with Crippen LogP contribution in [0.25, 0.3) is 5.69 Å². The molecule has 3 heteroatoms. The number of rotatable bonds is 2. The summed E-state index contributed by atoms with van der Waals surface area (Å²) in [5.41, 5.74) is 6.37. The van der Waals surface area contributed by atoms with Crippen molar-refractivity contribution in [1.82, 2.24) is 9.55 Å². The Balaban J connectivity index is 2.31. The molecule has 0 radical (unpaired) electrons. The molecule has 0 bridgehead atoms. The van der Waals surface area contributed by atoms with E-state index in [-0.39, 0.29) is 0 Å². The zero-order valence-electron chi connectivity index (χ0n) is 8.22. The van der Waals surface area contributed by atoms with Crippen molar-refractivity contribution in [2.24, 2.45) is 0 Å². The van der Waals surface area contributed by atoms with Gasteiger partial charge in [0, 0.05) is 23.6 Å². The summed E-state index contributed by atoms with van der Waals surface area (Å²) in [6, 6.07) is 8.71. The monoisotopic (exact) mass is 188 g/mol. The summed E-state index contributed by atoms with van der Waals surface area (Å²) in [5.74, 6) is 0. The Morgan fingerprint density at radius 2 is 2.00 bits per heavy atom. The summed E-state index contributed by atoms with van der Waals surface area (Å²) in [6.07, 6.45) is 5.50. The molecule has 1 aromatic carbocycles. The number of hydrogen-bond acceptors (Lipinski definition) is 1. The predicted molar refractivity (Wildman–Crippen MR) is 54.9 cm³/mol. The van der Waals surface area contributed by atoms with Crippen LogP contribution in [0.5, 0.6) is 0 Å². The van der Waals surface area contributed by atoms with Crippen LogP contribution in [0.15, 0.2) is 43.0 Å². The molecule has 14 heavy (non-hydrogen) atoms. The van der Waals surface area contributed by atoms with E-state index in [1.54, 1.807) is 12.5 Å². The molecule has 0 aliphatic rings. The summed E-state index contributed by atoms with van der Waals surface area (Å²) < 4.78 is 1.98. The van der Waals surface area contributed by atoms with Gasteiger partial charge in [0.1, 0.15) is 6.04 Å². The Labute approximate surface area is 83.2 Å². The zero-order valence-corrected chi connectivity index (χ0v) is 8.22. The van der Waals surface area contributed by atoms with Crippen LogP contribution >= 0.6 is 0 Å². The maximum Gasteiger partial charge on any atom is 0.107 e. The smallest absolute Gasteiger partial charge is 0.107 e. The second-order valence-corrected chi connectivity index (χ2v) is 3.46. The van der Waals surface area contributed by atoms with Crippen LogP contribution in [-0.2, 0) is 0 Å². The highest BCUT2D eigenvalue weighted by atomic mass is 15.0. The molecule has 0 spiro atoms. The molecule has 0 amide bonds. The van der Waals surface area contributed by atoms with Gasteiger partial charge in [-0.2, -0.15) is 0 Å². The van der Waals surface area contributed by atoms with E-state index in [9.17, 15) is 0 Å². The first-order valence-electron chi connectivity index (χ1n) is 4.69. The van der Waals surface area contributed by atoms with E-state index in [2.05, 4.69) is 41.9 Å². The molecule has 0 aliphatic heterocycles. The highest BCUT2D eigenvalue weighted by Gasteiger charge is 2.01. The first-order chi connectivity index (χ1) is 6.77. The van der Waals surface area contributed by atoms with Crippen LogP contribution in [0.4, 0.5) is 0 Å². The van der Waals surface area contributed by atoms with Crippen LogP contribution < -0.4 is 5.73 Å². The molecular weight excluding hydrogens is 174 g/mol. The van der Waals surface area contributed by atoms with Gasteiger partial charge in [-0.05, 0) is 19.1 Å². The lowest BCUT2D eigenvalue weighted by atomic mass is 10.1. The Bertz CT molecular complexity index is 387. The van der Waals surface area contributed by atoms with Gasteiger partial charge in [-0.1, -0.05) is 12.1 Å².